The van der Waals surface area contributed by atoms with E-state index in [2.05, 4.69) is 29.5 Å². The molecule has 2 heterocycles. The summed E-state index contributed by atoms with van der Waals surface area (Å²) in [7, 11) is 0. The number of piperidine rings is 1. The maximum atomic E-state index is 12.1. The van der Waals surface area contributed by atoms with Crippen molar-refractivity contribution in [2.24, 2.45) is 5.92 Å². The van der Waals surface area contributed by atoms with Crippen LogP contribution in [-0.4, -0.2) is 29.5 Å². The van der Waals surface area contributed by atoms with Gasteiger partial charge in [-0.15, -0.1) is 0 Å². The monoisotopic (exact) mass is 249 g/mol. The number of hydrogen-bond acceptors (Lipinski definition) is 3. The first-order valence-electron chi connectivity index (χ1n) is 6.31. The molecule has 5 nitrogen and oxygen atoms in total. The van der Waals surface area contributed by atoms with E-state index < -0.39 is 0 Å². The maximum Gasteiger partial charge on any atom is 0.253 e. The lowest BCUT2D eigenvalue weighted by Gasteiger charge is -2.35. The second-order valence-corrected chi connectivity index (χ2v) is 4.95. The molecule has 98 valence electrons. The summed E-state index contributed by atoms with van der Waals surface area (Å²) in [5, 5.41) is 6.39. The van der Waals surface area contributed by atoms with Crippen LogP contribution in [0.1, 0.15) is 30.6 Å². The number of rotatable bonds is 2. The van der Waals surface area contributed by atoms with Crippen LogP contribution in [0.25, 0.3) is 0 Å². The number of aromatic amines is 1. The fourth-order valence-electron chi connectivity index (χ4n) is 2.39. The molecule has 0 saturated carbocycles. The molecule has 1 amide bonds. The maximum absolute atomic E-state index is 12.1. The number of carbonyl (C=O) groups is 1. The van der Waals surface area contributed by atoms with Crippen molar-refractivity contribution in [1.82, 2.24) is 15.6 Å². The quantitative estimate of drug-likeness (QED) is 0.714. The SMILES string of the molecule is CC1CCNC(C)C1NC(=O)c1ccc(=O)[nH]c1. The second kappa shape index (κ2) is 5.35. The van der Waals surface area contributed by atoms with Gasteiger partial charge in [-0.3, -0.25) is 9.59 Å². The van der Waals surface area contributed by atoms with Crippen LogP contribution in [0.5, 0.6) is 0 Å². The number of carbonyl (C=O) groups excluding carboxylic acids is 1. The summed E-state index contributed by atoms with van der Waals surface area (Å²) in [5.41, 5.74) is 0.284. The molecule has 0 aromatic carbocycles. The number of H-pyrrole nitrogens is 1. The summed E-state index contributed by atoms with van der Waals surface area (Å²) in [6.07, 6.45) is 2.50. The van der Waals surface area contributed by atoms with Gasteiger partial charge in [-0.05, 0) is 31.9 Å². The van der Waals surface area contributed by atoms with Gasteiger partial charge in [0.15, 0.2) is 0 Å². The van der Waals surface area contributed by atoms with Crippen molar-refractivity contribution in [1.29, 1.82) is 0 Å². The Morgan fingerprint density at radius 2 is 2.17 bits per heavy atom. The normalized spacial score (nSPS) is 27.8. The molecule has 1 aliphatic heterocycles. The summed E-state index contributed by atoms with van der Waals surface area (Å²) in [4.78, 5) is 25.5. The number of pyridine rings is 1. The Morgan fingerprint density at radius 1 is 1.39 bits per heavy atom. The van der Waals surface area contributed by atoms with E-state index in [1.807, 2.05) is 0 Å². The van der Waals surface area contributed by atoms with Crippen LogP contribution in [0.4, 0.5) is 0 Å². The number of aromatic nitrogens is 1. The molecule has 1 aliphatic rings. The third-order valence-electron chi connectivity index (χ3n) is 3.56. The predicted octanol–water partition coefficient (Wildman–Crippen LogP) is 0.491. The molecule has 1 saturated heterocycles. The first-order chi connectivity index (χ1) is 8.58. The summed E-state index contributed by atoms with van der Waals surface area (Å²) >= 11 is 0. The molecule has 3 atom stereocenters. The number of hydrogen-bond donors (Lipinski definition) is 3. The van der Waals surface area contributed by atoms with Gasteiger partial charge in [0.2, 0.25) is 5.56 Å². The Labute approximate surface area is 106 Å². The van der Waals surface area contributed by atoms with Gasteiger partial charge >= 0.3 is 0 Å². The Morgan fingerprint density at radius 3 is 2.78 bits per heavy atom. The molecular formula is C13H19N3O2. The van der Waals surface area contributed by atoms with Gasteiger partial charge in [0.25, 0.3) is 5.91 Å². The first kappa shape index (κ1) is 12.8. The Balaban J connectivity index is 2.06. The molecule has 2 rings (SSSR count). The standard InChI is InChI=1S/C13H19N3O2/c1-8-5-6-14-9(2)12(8)16-13(18)10-3-4-11(17)15-7-10/h3-4,7-9,12,14H,5-6H2,1-2H3,(H,15,17)(H,16,18). The highest BCUT2D eigenvalue weighted by molar-refractivity contribution is 5.94. The Hall–Kier alpha value is -1.62. The minimum absolute atomic E-state index is 0.123. The summed E-state index contributed by atoms with van der Waals surface area (Å²) < 4.78 is 0. The molecule has 0 bridgehead atoms. The zero-order valence-corrected chi connectivity index (χ0v) is 10.7. The average Bonchev–Trinajstić information content (AvgIpc) is 2.34. The van der Waals surface area contributed by atoms with Gasteiger partial charge in [-0.1, -0.05) is 6.92 Å². The van der Waals surface area contributed by atoms with Crippen LogP contribution in [0.2, 0.25) is 0 Å². The third kappa shape index (κ3) is 2.79. The third-order valence-corrected chi connectivity index (χ3v) is 3.56. The molecule has 1 aromatic heterocycles. The fourth-order valence-corrected chi connectivity index (χ4v) is 2.39. The van der Waals surface area contributed by atoms with Gasteiger partial charge in [0.1, 0.15) is 0 Å². The number of nitrogens with one attached hydrogen (secondary N) is 3. The van der Waals surface area contributed by atoms with E-state index in [0.29, 0.717) is 11.5 Å². The highest BCUT2D eigenvalue weighted by Gasteiger charge is 2.28. The van der Waals surface area contributed by atoms with Crippen LogP contribution in [-0.2, 0) is 0 Å². The van der Waals surface area contributed by atoms with Gasteiger partial charge in [-0.25, -0.2) is 0 Å². The van der Waals surface area contributed by atoms with Crippen LogP contribution < -0.4 is 16.2 Å². The van der Waals surface area contributed by atoms with Crippen LogP contribution >= 0.6 is 0 Å². The Kier molecular flexibility index (Phi) is 3.81. The largest absolute Gasteiger partial charge is 0.347 e. The molecule has 0 spiro atoms. The predicted molar refractivity (Wildman–Crippen MR) is 69.6 cm³/mol. The zero-order valence-electron chi connectivity index (χ0n) is 10.7. The van der Waals surface area contributed by atoms with E-state index in [1.165, 1.54) is 12.3 Å². The van der Waals surface area contributed by atoms with E-state index in [0.717, 1.165) is 13.0 Å². The van der Waals surface area contributed by atoms with E-state index in [1.54, 1.807) is 6.07 Å². The van der Waals surface area contributed by atoms with Crippen molar-refractivity contribution in [2.45, 2.75) is 32.4 Å². The van der Waals surface area contributed by atoms with Crippen molar-refractivity contribution in [3.05, 3.63) is 34.2 Å². The molecule has 3 unspecified atom stereocenters. The molecule has 5 heteroatoms. The average molecular weight is 249 g/mol. The fraction of sp³-hybridized carbons (Fsp3) is 0.538. The van der Waals surface area contributed by atoms with Crippen LogP contribution in [0.3, 0.4) is 0 Å². The second-order valence-electron chi connectivity index (χ2n) is 4.95. The van der Waals surface area contributed by atoms with Crippen molar-refractivity contribution < 1.29 is 4.79 Å². The summed E-state index contributed by atoms with van der Waals surface area (Å²) in [5.74, 6) is 0.312. The lowest BCUT2D eigenvalue weighted by Crippen LogP contribution is -2.55. The molecule has 18 heavy (non-hydrogen) atoms. The van der Waals surface area contributed by atoms with Crippen molar-refractivity contribution >= 4 is 5.91 Å². The van der Waals surface area contributed by atoms with Gasteiger partial charge < -0.3 is 15.6 Å². The molecule has 3 N–H and O–H groups in total. The van der Waals surface area contributed by atoms with Crippen LogP contribution in [0.15, 0.2) is 23.1 Å². The molecule has 1 fully saturated rings. The summed E-state index contributed by atoms with van der Waals surface area (Å²) in [6.45, 7) is 5.22. The number of amides is 1. The van der Waals surface area contributed by atoms with E-state index >= 15 is 0 Å². The highest BCUT2D eigenvalue weighted by atomic mass is 16.2. The lowest BCUT2D eigenvalue weighted by molar-refractivity contribution is 0.0897. The van der Waals surface area contributed by atoms with Crippen molar-refractivity contribution in [3.8, 4) is 0 Å². The zero-order chi connectivity index (χ0) is 13.1. The van der Waals surface area contributed by atoms with E-state index in [-0.39, 0.29) is 23.6 Å². The van der Waals surface area contributed by atoms with Gasteiger partial charge in [0.05, 0.1) is 5.56 Å². The summed E-state index contributed by atoms with van der Waals surface area (Å²) in [6, 6.07) is 3.29. The molecule has 1 aromatic rings. The topological polar surface area (TPSA) is 74.0 Å². The first-order valence-corrected chi connectivity index (χ1v) is 6.31. The van der Waals surface area contributed by atoms with E-state index in [9.17, 15) is 9.59 Å². The Bertz CT molecular complexity index is 453. The van der Waals surface area contributed by atoms with E-state index in [4.69, 9.17) is 0 Å². The lowest BCUT2D eigenvalue weighted by atomic mass is 9.89. The van der Waals surface area contributed by atoms with Crippen LogP contribution in [0, 0.1) is 5.92 Å². The molecule has 0 aliphatic carbocycles. The van der Waals surface area contributed by atoms with Gasteiger partial charge in [0, 0.05) is 24.3 Å². The minimum atomic E-state index is -0.201. The van der Waals surface area contributed by atoms with Crippen molar-refractivity contribution in [2.75, 3.05) is 6.54 Å². The van der Waals surface area contributed by atoms with Gasteiger partial charge in [-0.2, -0.15) is 0 Å². The molecular weight excluding hydrogens is 230 g/mol. The highest BCUT2D eigenvalue weighted by Crippen LogP contribution is 2.16. The smallest absolute Gasteiger partial charge is 0.253 e. The molecule has 0 radical (unpaired) electrons. The van der Waals surface area contributed by atoms with Crippen molar-refractivity contribution in [3.63, 3.8) is 0 Å². The minimum Gasteiger partial charge on any atom is -0.347 e.